The lowest BCUT2D eigenvalue weighted by atomic mass is 10.1. The van der Waals surface area contributed by atoms with Gasteiger partial charge in [-0.25, -0.2) is 4.79 Å². The van der Waals surface area contributed by atoms with E-state index in [1.165, 1.54) is 0 Å². The molecule has 0 spiro atoms. The van der Waals surface area contributed by atoms with Gasteiger partial charge in [0.2, 0.25) is 0 Å². The van der Waals surface area contributed by atoms with Crippen LogP contribution in [0.2, 0.25) is 0 Å². The molecule has 1 unspecified atom stereocenters. The summed E-state index contributed by atoms with van der Waals surface area (Å²) in [6.07, 6.45) is 2.61. The highest BCUT2D eigenvalue weighted by Crippen LogP contribution is 2.25. The zero-order chi connectivity index (χ0) is 17.3. The van der Waals surface area contributed by atoms with Crippen molar-refractivity contribution < 1.29 is 9.53 Å². The second kappa shape index (κ2) is 6.30. The van der Waals surface area contributed by atoms with E-state index < -0.39 is 5.60 Å². The van der Waals surface area contributed by atoms with Crippen LogP contribution in [0.4, 0.5) is 10.5 Å². The molecule has 1 aromatic heterocycles. The third kappa shape index (κ3) is 3.61. The number of carbonyl (C=O) groups is 1. The number of nitrogens with zero attached hydrogens (tertiary/aromatic N) is 3. The standard InChI is InChI=1S/C19H25N3O2/c1-19(2,3)24-18(23)22-10-9-15(13-22)21(4)16-11-14-7-5-6-8-17(14)20-12-16/h5-8,11-12,15H,9-10,13H2,1-4H3. The van der Waals surface area contributed by atoms with E-state index in [2.05, 4.69) is 29.1 Å². The van der Waals surface area contributed by atoms with Gasteiger partial charge < -0.3 is 14.5 Å². The maximum atomic E-state index is 12.2. The molecule has 0 bridgehead atoms. The molecular formula is C19H25N3O2. The number of likely N-dealkylation sites (tertiary alicyclic amines) is 1. The molecule has 1 aliphatic rings. The summed E-state index contributed by atoms with van der Waals surface area (Å²) in [6.45, 7) is 7.09. The maximum absolute atomic E-state index is 12.2. The van der Waals surface area contributed by atoms with Crippen LogP contribution < -0.4 is 4.90 Å². The second-order valence-corrected chi connectivity index (χ2v) is 7.37. The zero-order valence-electron chi connectivity index (χ0n) is 14.8. The van der Waals surface area contributed by atoms with Crippen molar-refractivity contribution in [2.45, 2.75) is 38.8 Å². The molecule has 0 radical (unpaired) electrons. The molecule has 2 heterocycles. The van der Waals surface area contributed by atoms with E-state index in [-0.39, 0.29) is 12.1 Å². The minimum atomic E-state index is -0.455. The molecule has 5 nitrogen and oxygen atoms in total. The molecule has 1 aromatic carbocycles. The van der Waals surface area contributed by atoms with Crippen LogP contribution in [0.15, 0.2) is 36.5 Å². The fraction of sp³-hybridized carbons (Fsp3) is 0.474. The first kappa shape index (κ1) is 16.6. The second-order valence-electron chi connectivity index (χ2n) is 7.37. The lowest BCUT2D eigenvalue weighted by molar-refractivity contribution is 0.0292. The lowest BCUT2D eigenvalue weighted by Crippen LogP contribution is -2.39. The number of hydrogen-bond donors (Lipinski definition) is 0. The monoisotopic (exact) mass is 327 g/mol. The normalized spacial score (nSPS) is 18.0. The molecule has 24 heavy (non-hydrogen) atoms. The van der Waals surface area contributed by atoms with Crippen molar-refractivity contribution in [2.75, 3.05) is 25.0 Å². The van der Waals surface area contributed by atoms with Crippen molar-refractivity contribution >= 4 is 22.7 Å². The molecule has 1 aliphatic heterocycles. The number of benzene rings is 1. The smallest absolute Gasteiger partial charge is 0.410 e. The number of hydrogen-bond acceptors (Lipinski definition) is 4. The fourth-order valence-corrected chi connectivity index (χ4v) is 3.01. The highest BCUT2D eigenvalue weighted by atomic mass is 16.6. The van der Waals surface area contributed by atoms with Crippen LogP contribution in [0.1, 0.15) is 27.2 Å². The molecule has 2 aromatic rings. The SMILES string of the molecule is CN(c1cnc2ccccc2c1)C1CCN(C(=O)OC(C)(C)C)C1. The summed E-state index contributed by atoms with van der Waals surface area (Å²) >= 11 is 0. The Morgan fingerprint density at radius 3 is 2.83 bits per heavy atom. The number of anilines is 1. The van der Waals surface area contributed by atoms with Crippen LogP contribution in [-0.4, -0.2) is 47.8 Å². The summed E-state index contributed by atoms with van der Waals surface area (Å²) in [5.74, 6) is 0. The average molecular weight is 327 g/mol. The molecule has 128 valence electrons. The Labute approximate surface area is 143 Å². The number of ether oxygens (including phenoxy) is 1. The molecule has 1 amide bonds. The molecule has 3 rings (SSSR count). The number of aromatic nitrogens is 1. The molecule has 5 heteroatoms. The predicted octanol–water partition coefficient (Wildman–Crippen LogP) is 3.68. The van der Waals surface area contributed by atoms with Crippen LogP contribution in [0.3, 0.4) is 0 Å². The summed E-state index contributed by atoms with van der Waals surface area (Å²) in [5, 5.41) is 1.13. The molecule has 0 saturated carbocycles. The maximum Gasteiger partial charge on any atom is 0.410 e. The first-order chi connectivity index (χ1) is 11.3. The number of fused-ring (bicyclic) bond motifs is 1. The summed E-state index contributed by atoms with van der Waals surface area (Å²) in [5.41, 5.74) is 1.62. The molecule has 1 fully saturated rings. The van der Waals surface area contributed by atoms with Gasteiger partial charge >= 0.3 is 6.09 Å². The van der Waals surface area contributed by atoms with Gasteiger partial charge in [0.05, 0.1) is 17.4 Å². The van der Waals surface area contributed by atoms with E-state index in [4.69, 9.17) is 4.74 Å². The number of para-hydroxylation sites is 1. The van der Waals surface area contributed by atoms with Crippen molar-refractivity contribution in [1.82, 2.24) is 9.88 Å². The van der Waals surface area contributed by atoms with Crippen molar-refractivity contribution in [3.05, 3.63) is 36.5 Å². The van der Waals surface area contributed by atoms with Crippen LogP contribution in [-0.2, 0) is 4.74 Å². The van der Waals surface area contributed by atoms with Gasteiger partial charge in [0.15, 0.2) is 0 Å². The first-order valence-electron chi connectivity index (χ1n) is 8.39. The Morgan fingerprint density at radius 2 is 2.08 bits per heavy atom. The van der Waals surface area contributed by atoms with Gasteiger partial charge in [-0.2, -0.15) is 0 Å². The topological polar surface area (TPSA) is 45.7 Å². The average Bonchev–Trinajstić information content (AvgIpc) is 3.02. The predicted molar refractivity (Wildman–Crippen MR) is 96.4 cm³/mol. The van der Waals surface area contributed by atoms with Crippen molar-refractivity contribution in [1.29, 1.82) is 0 Å². The van der Waals surface area contributed by atoms with Gasteiger partial charge in [-0.3, -0.25) is 4.98 Å². The van der Waals surface area contributed by atoms with E-state index in [1.54, 1.807) is 4.90 Å². The van der Waals surface area contributed by atoms with Gasteiger partial charge in [-0.15, -0.1) is 0 Å². The Morgan fingerprint density at radius 1 is 1.33 bits per heavy atom. The molecule has 1 saturated heterocycles. The van der Waals surface area contributed by atoms with Gasteiger partial charge in [-0.05, 0) is 39.3 Å². The van der Waals surface area contributed by atoms with Gasteiger partial charge in [0.1, 0.15) is 5.60 Å². The Balaban J connectivity index is 1.69. The minimum absolute atomic E-state index is 0.227. The quantitative estimate of drug-likeness (QED) is 0.844. The summed E-state index contributed by atoms with van der Waals surface area (Å²) in [6, 6.07) is 10.5. The van der Waals surface area contributed by atoms with E-state index in [0.29, 0.717) is 6.54 Å². The fourth-order valence-electron chi connectivity index (χ4n) is 3.01. The first-order valence-corrected chi connectivity index (χ1v) is 8.39. The molecule has 0 N–H and O–H groups in total. The third-order valence-corrected chi connectivity index (χ3v) is 4.35. The number of rotatable bonds is 2. The summed E-state index contributed by atoms with van der Waals surface area (Å²) < 4.78 is 5.47. The van der Waals surface area contributed by atoms with Crippen molar-refractivity contribution in [2.24, 2.45) is 0 Å². The minimum Gasteiger partial charge on any atom is -0.444 e. The molecule has 1 atom stereocenters. The highest BCUT2D eigenvalue weighted by molar-refractivity contribution is 5.81. The van der Waals surface area contributed by atoms with Crippen LogP contribution >= 0.6 is 0 Å². The Hall–Kier alpha value is -2.30. The van der Waals surface area contributed by atoms with E-state index in [1.807, 2.05) is 45.2 Å². The third-order valence-electron chi connectivity index (χ3n) is 4.35. The molecule has 0 aliphatic carbocycles. The van der Waals surface area contributed by atoms with Gasteiger partial charge in [0.25, 0.3) is 0 Å². The number of pyridine rings is 1. The number of carbonyl (C=O) groups excluding carboxylic acids is 1. The zero-order valence-corrected chi connectivity index (χ0v) is 14.8. The van der Waals surface area contributed by atoms with E-state index in [9.17, 15) is 4.79 Å². The van der Waals surface area contributed by atoms with Crippen molar-refractivity contribution in [3.63, 3.8) is 0 Å². The van der Waals surface area contributed by atoms with Gasteiger partial charge in [-0.1, -0.05) is 18.2 Å². The van der Waals surface area contributed by atoms with Crippen LogP contribution in [0.5, 0.6) is 0 Å². The van der Waals surface area contributed by atoms with Crippen LogP contribution in [0.25, 0.3) is 10.9 Å². The Bertz CT molecular complexity index is 739. The van der Waals surface area contributed by atoms with E-state index in [0.717, 1.165) is 29.6 Å². The number of likely N-dealkylation sites (N-methyl/N-ethyl adjacent to an activating group) is 1. The largest absolute Gasteiger partial charge is 0.444 e. The lowest BCUT2D eigenvalue weighted by Gasteiger charge is -2.28. The highest BCUT2D eigenvalue weighted by Gasteiger charge is 2.31. The summed E-state index contributed by atoms with van der Waals surface area (Å²) in [4.78, 5) is 20.7. The summed E-state index contributed by atoms with van der Waals surface area (Å²) in [7, 11) is 2.06. The van der Waals surface area contributed by atoms with Crippen LogP contribution in [0, 0.1) is 0 Å². The molecular weight excluding hydrogens is 302 g/mol. The van der Waals surface area contributed by atoms with Crippen molar-refractivity contribution in [3.8, 4) is 0 Å². The Kier molecular flexibility index (Phi) is 4.35. The number of amides is 1. The van der Waals surface area contributed by atoms with Gasteiger partial charge in [0, 0.05) is 31.6 Å². The van der Waals surface area contributed by atoms with E-state index >= 15 is 0 Å².